The van der Waals surface area contributed by atoms with Crippen molar-refractivity contribution in [2.45, 2.75) is 6.42 Å². The Bertz CT molecular complexity index is 739. The first kappa shape index (κ1) is 12.9. The minimum Gasteiger partial charge on any atom is -0.477 e. The summed E-state index contributed by atoms with van der Waals surface area (Å²) < 4.78 is 7.25. The Labute approximate surface area is 122 Å². The van der Waals surface area contributed by atoms with Crippen molar-refractivity contribution in [2.24, 2.45) is 0 Å². The van der Waals surface area contributed by atoms with Gasteiger partial charge in [-0.15, -0.1) is 5.10 Å². The Hall–Kier alpha value is -2.07. The van der Waals surface area contributed by atoms with Crippen LogP contribution in [0.1, 0.15) is 6.42 Å². The third-order valence-corrected chi connectivity index (χ3v) is 3.09. The Kier molecular flexibility index (Phi) is 3.56. The molecular formula is C15H13ClN3O. The summed E-state index contributed by atoms with van der Waals surface area (Å²) in [7, 11) is 0. The Morgan fingerprint density at radius 1 is 1.25 bits per heavy atom. The van der Waals surface area contributed by atoms with E-state index in [1.54, 1.807) is 16.8 Å². The SMILES string of the molecule is [CH2]CCOc1ccc2ncc(-c3cccc(Cl)c3)n2n1. The lowest BCUT2D eigenvalue weighted by Gasteiger charge is -2.05. The predicted octanol–water partition coefficient (Wildman–Crippen LogP) is 3.65. The van der Waals surface area contributed by atoms with Gasteiger partial charge in [0.15, 0.2) is 5.65 Å². The zero-order valence-corrected chi connectivity index (χ0v) is 11.5. The fourth-order valence-corrected chi connectivity index (χ4v) is 2.15. The van der Waals surface area contributed by atoms with Gasteiger partial charge in [-0.25, -0.2) is 9.50 Å². The summed E-state index contributed by atoms with van der Waals surface area (Å²) in [4.78, 5) is 4.34. The van der Waals surface area contributed by atoms with Gasteiger partial charge in [0.1, 0.15) is 0 Å². The number of benzene rings is 1. The van der Waals surface area contributed by atoms with E-state index in [-0.39, 0.29) is 0 Å². The molecule has 2 heterocycles. The van der Waals surface area contributed by atoms with Gasteiger partial charge in [-0.3, -0.25) is 0 Å². The molecule has 20 heavy (non-hydrogen) atoms. The lowest BCUT2D eigenvalue weighted by atomic mass is 10.2. The van der Waals surface area contributed by atoms with Gasteiger partial charge >= 0.3 is 0 Å². The lowest BCUT2D eigenvalue weighted by molar-refractivity contribution is 0.307. The Balaban J connectivity index is 2.07. The van der Waals surface area contributed by atoms with Crippen molar-refractivity contribution in [1.82, 2.24) is 14.6 Å². The van der Waals surface area contributed by atoms with Crippen molar-refractivity contribution in [3.05, 3.63) is 54.5 Å². The second-order valence-electron chi connectivity index (χ2n) is 4.30. The zero-order chi connectivity index (χ0) is 13.9. The third-order valence-electron chi connectivity index (χ3n) is 2.85. The summed E-state index contributed by atoms with van der Waals surface area (Å²) in [6, 6.07) is 11.3. The molecule has 0 bridgehead atoms. The van der Waals surface area contributed by atoms with E-state index in [0.29, 0.717) is 23.9 Å². The van der Waals surface area contributed by atoms with Gasteiger partial charge in [-0.05, 0) is 31.5 Å². The van der Waals surface area contributed by atoms with Crippen LogP contribution in [-0.2, 0) is 0 Å². The lowest BCUT2D eigenvalue weighted by Crippen LogP contribution is -2.01. The Morgan fingerprint density at radius 2 is 2.15 bits per heavy atom. The highest BCUT2D eigenvalue weighted by Gasteiger charge is 2.08. The summed E-state index contributed by atoms with van der Waals surface area (Å²) >= 11 is 6.03. The number of rotatable bonds is 4. The minimum atomic E-state index is 0.541. The normalized spacial score (nSPS) is 10.9. The van der Waals surface area contributed by atoms with Gasteiger partial charge < -0.3 is 4.74 Å². The molecule has 0 aliphatic carbocycles. The maximum Gasteiger partial charge on any atom is 0.231 e. The first-order valence-electron chi connectivity index (χ1n) is 6.31. The van der Waals surface area contributed by atoms with Crippen LogP contribution in [0, 0.1) is 6.92 Å². The van der Waals surface area contributed by atoms with Crippen molar-refractivity contribution < 1.29 is 4.74 Å². The molecule has 0 unspecified atom stereocenters. The molecule has 101 valence electrons. The van der Waals surface area contributed by atoms with Crippen molar-refractivity contribution in [1.29, 1.82) is 0 Å². The van der Waals surface area contributed by atoms with E-state index >= 15 is 0 Å². The van der Waals surface area contributed by atoms with Crippen molar-refractivity contribution >= 4 is 17.2 Å². The average molecular weight is 287 g/mol. The van der Waals surface area contributed by atoms with Crippen LogP contribution in [-0.4, -0.2) is 21.2 Å². The number of hydrogen-bond donors (Lipinski definition) is 0. The molecule has 2 aromatic heterocycles. The van der Waals surface area contributed by atoms with Crippen LogP contribution in [0.25, 0.3) is 16.9 Å². The van der Waals surface area contributed by atoms with E-state index in [1.807, 2.05) is 30.3 Å². The van der Waals surface area contributed by atoms with Gasteiger partial charge in [0.2, 0.25) is 5.88 Å². The molecule has 0 spiro atoms. The summed E-state index contributed by atoms with van der Waals surface area (Å²) in [5, 5.41) is 5.12. The molecule has 0 aliphatic heterocycles. The fourth-order valence-electron chi connectivity index (χ4n) is 1.95. The molecule has 0 saturated carbocycles. The van der Waals surface area contributed by atoms with Crippen LogP contribution in [0.15, 0.2) is 42.6 Å². The van der Waals surface area contributed by atoms with Crippen LogP contribution in [0.5, 0.6) is 5.88 Å². The van der Waals surface area contributed by atoms with Crippen LogP contribution in [0.2, 0.25) is 5.02 Å². The smallest absolute Gasteiger partial charge is 0.231 e. The zero-order valence-electron chi connectivity index (χ0n) is 10.8. The van der Waals surface area contributed by atoms with E-state index in [4.69, 9.17) is 16.3 Å². The van der Waals surface area contributed by atoms with E-state index in [9.17, 15) is 0 Å². The first-order chi connectivity index (χ1) is 9.78. The quantitative estimate of drug-likeness (QED) is 0.735. The van der Waals surface area contributed by atoms with Gasteiger partial charge in [0.05, 0.1) is 18.5 Å². The molecule has 3 aromatic rings. The molecule has 0 aliphatic rings. The summed E-state index contributed by atoms with van der Waals surface area (Å²) in [6.45, 7) is 4.28. The van der Waals surface area contributed by atoms with Crippen LogP contribution < -0.4 is 4.74 Å². The molecule has 1 aromatic carbocycles. The summed E-state index contributed by atoms with van der Waals surface area (Å²) in [6.07, 6.45) is 2.48. The molecule has 4 nitrogen and oxygen atoms in total. The molecular weight excluding hydrogens is 274 g/mol. The van der Waals surface area contributed by atoms with E-state index in [0.717, 1.165) is 16.9 Å². The molecule has 0 atom stereocenters. The number of aromatic nitrogens is 3. The molecule has 3 rings (SSSR count). The van der Waals surface area contributed by atoms with E-state index in [1.165, 1.54) is 0 Å². The van der Waals surface area contributed by atoms with Crippen LogP contribution in [0.4, 0.5) is 0 Å². The number of hydrogen-bond acceptors (Lipinski definition) is 3. The monoisotopic (exact) mass is 286 g/mol. The molecule has 5 heteroatoms. The topological polar surface area (TPSA) is 39.4 Å². The van der Waals surface area contributed by atoms with Gasteiger partial charge in [0, 0.05) is 16.7 Å². The van der Waals surface area contributed by atoms with Crippen molar-refractivity contribution in [3.63, 3.8) is 0 Å². The molecule has 0 fully saturated rings. The highest BCUT2D eigenvalue weighted by Crippen LogP contribution is 2.23. The van der Waals surface area contributed by atoms with Crippen molar-refractivity contribution in [3.8, 4) is 17.1 Å². The van der Waals surface area contributed by atoms with Crippen molar-refractivity contribution in [2.75, 3.05) is 6.61 Å². The maximum absolute atomic E-state index is 6.03. The second-order valence-corrected chi connectivity index (χ2v) is 4.73. The highest BCUT2D eigenvalue weighted by molar-refractivity contribution is 6.30. The first-order valence-corrected chi connectivity index (χ1v) is 6.68. The van der Waals surface area contributed by atoms with Crippen LogP contribution >= 0.6 is 11.6 Å². The summed E-state index contributed by atoms with van der Waals surface area (Å²) in [5.74, 6) is 0.558. The molecule has 0 saturated heterocycles. The standard InChI is InChI=1S/C15H13ClN3O/c1-2-8-20-15-7-6-14-17-10-13(19(14)18-15)11-4-3-5-12(16)9-11/h3-7,9-10H,1-2,8H2. The number of ether oxygens (including phenoxy) is 1. The number of imidazole rings is 1. The summed E-state index contributed by atoms with van der Waals surface area (Å²) in [5.41, 5.74) is 2.61. The second kappa shape index (κ2) is 5.51. The average Bonchev–Trinajstić information content (AvgIpc) is 2.88. The largest absolute Gasteiger partial charge is 0.477 e. The fraction of sp³-hybridized carbons (Fsp3) is 0.133. The highest BCUT2D eigenvalue weighted by atomic mass is 35.5. The van der Waals surface area contributed by atoms with Gasteiger partial charge in [-0.2, -0.15) is 0 Å². The van der Waals surface area contributed by atoms with Gasteiger partial charge in [-0.1, -0.05) is 23.7 Å². The third kappa shape index (κ3) is 2.47. The maximum atomic E-state index is 6.03. The molecule has 1 radical (unpaired) electrons. The Morgan fingerprint density at radius 3 is 2.95 bits per heavy atom. The minimum absolute atomic E-state index is 0.541. The van der Waals surface area contributed by atoms with Crippen LogP contribution in [0.3, 0.4) is 0 Å². The van der Waals surface area contributed by atoms with Gasteiger partial charge in [0.25, 0.3) is 0 Å². The molecule has 0 amide bonds. The number of fused-ring (bicyclic) bond motifs is 1. The molecule has 0 N–H and O–H groups in total. The van der Waals surface area contributed by atoms with E-state index < -0.39 is 0 Å². The number of nitrogens with zero attached hydrogens (tertiary/aromatic N) is 3. The number of halogens is 1. The van der Waals surface area contributed by atoms with E-state index in [2.05, 4.69) is 17.0 Å². The predicted molar refractivity (Wildman–Crippen MR) is 78.9 cm³/mol.